The van der Waals surface area contributed by atoms with Gasteiger partial charge in [0, 0.05) is 12.3 Å². The lowest BCUT2D eigenvalue weighted by atomic mass is 9.67. The van der Waals surface area contributed by atoms with Crippen molar-refractivity contribution in [2.45, 2.75) is 101 Å². The summed E-state index contributed by atoms with van der Waals surface area (Å²) in [4.78, 5) is 12.6. The van der Waals surface area contributed by atoms with E-state index >= 15 is 8.78 Å². The number of carbonyl (C=O) groups is 1. The van der Waals surface area contributed by atoms with Gasteiger partial charge >= 0.3 is 36.2 Å². The van der Waals surface area contributed by atoms with Crippen LogP contribution in [0, 0.1) is 11.3 Å². The molecule has 0 aromatic carbocycles. The van der Waals surface area contributed by atoms with E-state index in [1.807, 2.05) is 0 Å². The molecule has 1 aliphatic heterocycles. The number of carbonyl (C=O) groups excluding carboxylic acids is 1. The zero-order chi connectivity index (χ0) is 26.6. The summed E-state index contributed by atoms with van der Waals surface area (Å²) in [5.41, 5.74) is -7.61. The van der Waals surface area contributed by atoms with Gasteiger partial charge in [-0.05, 0) is 26.2 Å². The van der Waals surface area contributed by atoms with Gasteiger partial charge in [-0.2, -0.15) is 48.3 Å². The average molecular weight is 524 g/mol. The first-order valence-corrected chi connectivity index (χ1v) is 10.3. The Kier molecular flexibility index (Phi) is 7.32. The number of hydrogen-bond donors (Lipinski definition) is 1. The maximum atomic E-state index is 15.5. The molecule has 200 valence electrons. The second-order valence-electron chi connectivity index (χ2n) is 8.87. The molecular formula is C19H23F11O4. The zero-order valence-electron chi connectivity index (χ0n) is 17.9. The van der Waals surface area contributed by atoms with Gasteiger partial charge in [0.25, 0.3) is 0 Å². The molecule has 0 aromatic rings. The van der Waals surface area contributed by atoms with Crippen LogP contribution in [0.3, 0.4) is 0 Å². The number of rotatable bonds is 4. The molecule has 1 saturated heterocycles. The second-order valence-corrected chi connectivity index (χ2v) is 8.87. The fourth-order valence-electron chi connectivity index (χ4n) is 4.36. The van der Waals surface area contributed by atoms with Crippen LogP contribution in [0.2, 0.25) is 0 Å². The molecular weight excluding hydrogens is 501 g/mol. The molecule has 1 N–H and O–H groups in total. The van der Waals surface area contributed by atoms with Crippen molar-refractivity contribution in [3.05, 3.63) is 0 Å². The largest absolute Gasteiger partial charge is 0.451 e. The quantitative estimate of drug-likeness (QED) is 0.359. The van der Waals surface area contributed by atoms with Crippen LogP contribution in [0.15, 0.2) is 0 Å². The van der Waals surface area contributed by atoms with Gasteiger partial charge in [0.15, 0.2) is 17.1 Å². The molecule has 0 spiro atoms. The number of halogens is 11. The van der Waals surface area contributed by atoms with E-state index < -0.39 is 84.9 Å². The number of esters is 1. The predicted molar refractivity (Wildman–Crippen MR) is 91.3 cm³/mol. The maximum Gasteiger partial charge on any atom is 0.449 e. The number of alkyl halides is 11. The van der Waals surface area contributed by atoms with Crippen LogP contribution in [0.4, 0.5) is 48.3 Å². The number of aliphatic hydroxyl groups is 1. The molecule has 4 unspecified atom stereocenters. The van der Waals surface area contributed by atoms with Crippen molar-refractivity contribution in [2.75, 3.05) is 0 Å². The summed E-state index contributed by atoms with van der Waals surface area (Å²) in [6.45, 7) is 1.05. The van der Waals surface area contributed by atoms with E-state index in [-0.39, 0.29) is 19.8 Å². The fraction of sp³-hybridized carbons (Fsp3) is 0.947. The summed E-state index contributed by atoms with van der Waals surface area (Å²) in [6, 6.07) is 0. The van der Waals surface area contributed by atoms with Crippen molar-refractivity contribution < 1.29 is 67.7 Å². The van der Waals surface area contributed by atoms with E-state index in [0.717, 1.165) is 6.92 Å². The van der Waals surface area contributed by atoms with E-state index in [4.69, 9.17) is 0 Å². The normalized spacial score (nSPS) is 33.3. The Morgan fingerprint density at radius 1 is 1.00 bits per heavy atom. The van der Waals surface area contributed by atoms with Crippen molar-refractivity contribution >= 4 is 5.97 Å². The minimum atomic E-state index is -6.54. The van der Waals surface area contributed by atoms with Gasteiger partial charge in [-0.15, -0.1) is 0 Å². The summed E-state index contributed by atoms with van der Waals surface area (Å²) in [5, 5.41) is 9.86. The van der Waals surface area contributed by atoms with Crippen molar-refractivity contribution in [1.82, 2.24) is 0 Å². The highest BCUT2D eigenvalue weighted by atomic mass is 19.4. The molecule has 2 aliphatic rings. The van der Waals surface area contributed by atoms with E-state index in [1.165, 1.54) is 0 Å². The standard InChI is InChI=1S/C19H23F11O4/c1-3-13(2,18(25,26)27)12(31)34-14(10-7-5-4-6-8-10)9-11(15(20,21)22)33-17(32,16(14,23)24)19(28,29)30/h10-11,32H,3-9H2,1-2H3. The predicted octanol–water partition coefficient (Wildman–Crippen LogP) is 6.06. The van der Waals surface area contributed by atoms with Gasteiger partial charge in [0.05, 0.1) is 0 Å². The SMILES string of the molecule is CCC(C)(C(=O)OC1(C2CCCCC2)CC(C(F)(F)F)OC(O)(C(F)(F)F)C1(F)F)C(F)(F)F. The minimum Gasteiger partial charge on any atom is -0.451 e. The fourth-order valence-corrected chi connectivity index (χ4v) is 4.36. The highest BCUT2D eigenvalue weighted by Crippen LogP contribution is 2.61. The first kappa shape index (κ1) is 28.9. The first-order valence-electron chi connectivity index (χ1n) is 10.3. The zero-order valence-corrected chi connectivity index (χ0v) is 17.9. The van der Waals surface area contributed by atoms with Gasteiger partial charge < -0.3 is 14.6 Å². The summed E-state index contributed by atoms with van der Waals surface area (Å²) in [7, 11) is 0. The van der Waals surface area contributed by atoms with E-state index in [1.54, 1.807) is 0 Å². The lowest BCUT2D eigenvalue weighted by molar-refractivity contribution is -0.502. The van der Waals surface area contributed by atoms with Gasteiger partial charge in [0.1, 0.15) is 0 Å². The molecule has 34 heavy (non-hydrogen) atoms. The lowest BCUT2D eigenvalue weighted by Gasteiger charge is -2.56. The third-order valence-electron chi connectivity index (χ3n) is 6.83. The highest BCUT2D eigenvalue weighted by Gasteiger charge is 2.85. The van der Waals surface area contributed by atoms with Crippen LogP contribution < -0.4 is 0 Å². The monoisotopic (exact) mass is 524 g/mol. The molecule has 0 radical (unpaired) electrons. The molecule has 1 saturated carbocycles. The third kappa shape index (κ3) is 4.35. The van der Waals surface area contributed by atoms with Gasteiger partial charge in [-0.1, -0.05) is 26.2 Å². The Hall–Kier alpha value is -1.38. The maximum absolute atomic E-state index is 15.5. The molecule has 0 aromatic heterocycles. The molecule has 0 amide bonds. The third-order valence-corrected chi connectivity index (χ3v) is 6.83. The van der Waals surface area contributed by atoms with Crippen molar-refractivity contribution in [3.63, 3.8) is 0 Å². The molecule has 0 bridgehead atoms. The van der Waals surface area contributed by atoms with Crippen LogP contribution in [0.5, 0.6) is 0 Å². The highest BCUT2D eigenvalue weighted by molar-refractivity contribution is 5.78. The van der Waals surface area contributed by atoms with Crippen LogP contribution >= 0.6 is 0 Å². The average Bonchev–Trinajstić information content (AvgIpc) is 2.68. The Labute approximate surface area is 186 Å². The van der Waals surface area contributed by atoms with Crippen LogP contribution in [-0.4, -0.2) is 53.0 Å². The minimum absolute atomic E-state index is 0.0202. The molecule has 1 aliphatic carbocycles. The molecule has 1 heterocycles. The van der Waals surface area contributed by atoms with E-state index in [2.05, 4.69) is 9.47 Å². The van der Waals surface area contributed by atoms with Crippen LogP contribution in [0.1, 0.15) is 58.8 Å². The molecule has 2 fully saturated rings. The van der Waals surface area contributed by atoms with Crippen molar-refractivity contribution in [2.24, 2.45) is 11.3 Å². The first-order chi connectivity index (χ1) is 15.1. The summed E-state index contributed by atoms with van der Waals surface area (Å²) in [5.74, 6) is -16.0. The molecule has 4 atom stereocenters. The molecule has 4 nitrogen and oxygen atoms in total. The number of ether oxygens (including phenoxy) is 2. The Morgan fingerprint density at radius 3 is 1.88 bits per heavy atom. The molecule has 2 rings (SSSR count). The topological polar surface area (TPSA) is 55.8 Å². The van der Waals surface area contributed by atoms with Crippen LogP contribution in [-0.2, 0) is 14.3 Å². The van der Waals surface area contributed by atoms with Gasteiger partial charge in [-0.25, -0.2) is 0 Å². The molecule has 15 heteroatoms. The van der Waals surface area contributed by atoms with Crippen molar-refractivity contribution in [3.8, 4) is 0 Å². The lowest BCUT2D eigenvalue weighted by Crippen LogP contribution is -2.78. The Balaban J connectivity index is 2.80. The van der Waals surface area contributed by atoms with E-state index in [9.17, 15) is 49.4 Å². The van der Waals surface area contributed by atoms with Crippen molar-refractivity contribution in [1.29, 1.82) is 0 Å². The Bertz CT molecular complexity index is 757. The van der Waals surface area contributed by atoms with E-state index in [0.29, 0.717) is 6.42 Å². The smallest absolute Gasteiger partial charge is 0.449 e. The Morgan fingerprint density at radius 2 is 1.50 bits per heavy atom. The second kappa shape index (κ2) is 8.63. The summed E-state index contributed by atoms with van der Waals surface area (Å²) in [6.07, 6.45) is -25.2. The number of hydrogen-bond acceptors (Lipinski definition) is 4. The summed E-state index contributed by atoms with van der Waals surface area (Å²) < 4.78 is 161. The summed E-state index contributed by atoms with van der Waals surface area (Å²) >= 11 is 0. The van der Waals surface area contributed by atoms with Gasteiger partial charge in [0.2, 0.25) is 0 Å². The van der Waals surface area contributed by atoms with Crippen LogP contribution in [0.25, 0.3) is 0 Å². The van der Waals surface area contributed by atoms with Gasteiger partial charge in [-0.3, -0.25) is 4.79 Å².